The number of hydrogen-bond acceptors (Lipinski definition) is 4. The lowest BCUT2D eigenvalue weighted by atomic mass is 9.80. The maximum Gasteiger partial charge on any atom is 0.238 e. The Hall–Kier alpha value is -6.07. The van der Waals surface area contributed by atoms with Crippen LogP contribution in [0.5, 0.6) is 0 Å². The van der Waals surface area contributed by atoms with Gasteiger partial charge in [0.25, 0.3) is 0 Å². The Kier molecular flexibility index (Phi) is 3.03. The second kappa shape index (κ2) is 9.47. The first kappa shape index (κ1) is 15.0. The van der Waals surface area contributed by atoms with E-state index in [1.165, 1.54) is 0 Å². The predicted molar refractivity (Wildman–Crippen MR) is 190 cm³/mol. The molecule has 9 aromatic rings. The first-order valence-electron chi connectivity index (χ1n) is 22.6. The number of furan rings is 1. The summed E-state index contributed by atoms with van der Waals surface area (Å²) in [6.07, 6.45) is 0. The molecule has 10 rings (SSSR count). The van der Waals surface area contributed by atoms with Crippen LogP contribution in [-0.4, -0.2) is 19.5 Å². The van der Waals surface area contributed by atoms with Crippen LogP contribution in [-0.2, 0) is 5.41 Å². The molecule has 0 atom stereocenters. The smallest absolute Gasteiger partial charge is 0.238 e. The molecular formula is C42H28N4O. The number of rotatable bonds is 3. The van der Waals surface area contributed by atoms with Crippen LogP contribution in [0.1, 0.15) is 46.8 Å². The van der Waals surface area contributed by atoms with E-state index in [0.717, 1.165) is 15.3 Å². The molecule has 0 saturated heterocycles. The van der Waals surface area contributed by atoms with Gasteiger partial charge in [-0.3, -0.25) is 4.57 Å². The van der Waals surface area contributed by atoms with Crippen molar-refractivity contribution in [2.45, 2.75) is 19.1 Å². The lowest BCUT2D eigenvalue weighted by Gasteiger charge is -2.22. The number of hydrogen-bond donors (Lipinski definition) is 0. The van der Waals surface area contributed by atoms with Gasteiger partial charge in [0.1, 0.15) is 11.2 Å². The average molecular weight is 621 g/mol. The molecule has 0 spiro atoms. The van der Waals surface area contributed by atoms with Crippen molar-refractivity contribution in [2.24, 2.45) is 0 Å². The summed E-state index contributed by atoms with van der Waals surface area (Å²) in [5.74, 6) is -0.258. The van der Waals surface area contributed by atoms with Crippen LogP contribution >= 0.6 is 0 Å². The second-order valence-corrected chi connectivity index (χ2v) is 11.2. The topological polar surface area (TPSA) is 56.7 Å². The minimum Gasteiger partial charge on any atom is -0.456 e. The third kappa shape index (κ3) is 3.68. The van der Waals surface area contributed by atoms with Crippen molar-refractivity contribution in [1.82, 2.24) is 19.5 Å². The van der Waals surface area contributed by atoms with E-state index >= 15 is 0 Å². The van der Waals surface area contributed by atoms with Crippen molar-refractivity contribution in [1.29, 1.82) is 0 Å². The zero-order chi connectivity index (χ0) is 45.0. The molecule has 222 valence electrons. The van der Waals surface area contributed by atoms with Crippen LogP contribution in [0.3, 0.4) is 0 Å². The van der Waals surface area contributed by atoms with Gasteiger partial charge in [-0.2, -0.15) is 9.97 Å². The van der Waals surface area contributed by atoms with Gasteiger partial charge in [-0.1, -0.05) is 117 Å². The number of aromatic nitrogens is 4. The van der Waals surface area contributed by atoms with Crippen molar-refractivity contribution >= 4 is 43.7 Å². The first-order valence-corrected chi connectivity index (χ1v) is 14.6. The third-order valence-corrected chi connectivity index (χ3v) is 8.59. The molecule has 47 heavy (non-hydrogen) atoms. The highest BCUT2D eigenvalue weighted by Crippen LogP contribution is 2.53. The second-order valence-electron chi connectivity index (χ2n) is 11.2. The molecule has 3 heterocycles. The number of fused-ring (bicyclic) bond motifs is 10. The molecule has 0 unspecified atom stereocenters. The molecule has 0 amide bonds. The van der Waals surface area contributed by atoms with E-state index in [1.807, 2.05) is 30.3 Å². The molecule has 1 aliphatic rings. The van der Waals surface area contributed by atoms with Gasteiger partial charge in [-0.15, -0.1) is 0 Å². The van der Waals surface area contributed by atoms with Crippen molar-refractivity contribution in [3.63, 3.8) is 0 Å². The lowest BCUT2D eigenvalue weighted by Crippen LogP contribution is -2.15. The predicted octanol–water partition coefficient (Wildman–Crippen LogP) is 10.5. The Morgan fingerprint density at radius 1 is 0.638 bits per heavy atom. The molecule has 6 aromatic carbocycles. The fourth-order valence-electron chi connectivity index (χ4n) is 6.51. The summed E-state index contributed by atoms with van der Waals surface area (Å²) in [7, 11) is 0. The molecule has 0 aliphatic heterocycles. The van der Waals surface area contributed by atoms with Crippen LogP contribution in [0.2, 0.25) is 0 Å². The van der Waals surface area contributed by atoms with E-state index in [-0.39, 0.29) is 17.6 Å². The van der Waals surface area contributed by atoms with E-state index in [2.05, 4.69) is 0 Å². The molecular weight excluding hydrogens is 576 g/mol. The van der Waals surface area contributed by atoms with Gasteiger partial charge < -0.3 is 4.42 Å². The Bertz CT molecular complexity index is 3490. The number of benzene rings is 6. The largest absolute Gasteiger partial charge is 0.456 e. The molecule has 0 saturated carbocycles. The van der Waals surface area contributed by atoms with E-state index in [1.54, 1.807) is 42.5 Å². The van der Waals surface area contributed by atoms with Gasteiger partial charge >= 0.3 is 0 Å². The fourth-order valence-corrected chi connectivity index (χ4v) is 6.51. The minimum atomic E-state index is -3.67. The van der Waals surface area contributed by atoms with Crippen LogP contribution in [0, 0.1) is 0 Å². The van der Waals surface area contributed by atoms with Crippen molar-refractivity contribution in [3.05, 3.63) is 144 Å². The van der Waals surface area contributed by atoms with Crippen LogP contribution in [0.25, 0.3) is 83.6 Å². The maximum absolute atomic E-state index is 9.63. The molecule has 5 heteroatoms. The highest BCUT2D eigenvalue weighted by molar-refractivity contribution is 6.14. The molecule has 5 nitrogen and oxygen atoms in total. The van der Waals surface area contributed by atoms with Gasteiger partial charge in [0.2, 0.25) is 5.95 Å². The van der Waals surface area contributed by atoms with E-state index < -0.39 is 124 Å². The van der Waals surface area contributed by atoms with E-state index in [4.69, 9.17) is 35.8 Å². The monoisotopic (exact) mass is 620 g/mol. The van der Waals surface area contributed by atoms with Crippen LogP contribution in [0.15, 0.2) is 138 Å². The maximum atomic E-state index is 9.63. The summed E-state index contributed by atoms with van der Waals surface area (Å²) >= 11 is 0. The normalized spacial score (nSPS) is 18.9. The van der Waals surface area contributed by atoms with Crippen LogP contribution in [0.4, 0.5) is 0 Å². The van der Waals surface area contributed by atoms with E-state index in [9.17, 15) is 5.48 Å². The van der Waals surface area contributed by atoms with Gasteiger partial charge in [0.15, 0.2) is 11.6 Å². The SMILES string of the molecule is [2H]c1c([2H])c([2H])c2c(c1[2H])-c1c([2H])c([2H])c3c(c1C2(C([2H])([2H])[2H])C([2H])([2H])[2H])c1c([2H])c([2H])c([2H])c([2H])c1n3-c1nc(-c2ccccc2)nc(-c2ccc3c(c2)oc2ccccc23)n1. The van der Waals surface area contributed by atoms with Gasteiger partial charge in [0, 0.05) is 46.3 Å². The van der Waals surface area contributed by atoms with Crippen molar-refractivity contribution in [2.75, 3.05) is 0 Å². The third-order valence-electron chi connectivity index (χ3n) is 8.59. The summed E-state index contributed by atoms with van der Waals surface area (Å²) in [6, 6.07) is 13.2. The van der Waals surface area contributed by atoms with Gasteiger partial charge in [-0.25, -0.2) is 4.98 Å². The van der Waals surface area contributed by atoms with Crippen molar-refractivity contribution in [3.8, 4) is 39.9 Å². The summed E-state index contributed by atoms with van der Waals surface area (Å²) in [5.41, 5.74) is -4.97. The number of nitrogens with zero attached hydrogens (tertiary/aromatic N) is 4. The molecule has 1 aliphatic carbocycles. The Morgan fingerprint density at radius 3 is 2.30 bits per heavy atom. The summed E-state index contributed by atoms with van der Waals surface area (Å²) in [5, 5.41) is 0.714. The van der Waals surface area contributed by atoms with Gasteiger partial charge in [0.05, 0.1) is 24.7 Å². The fraction of sp³-hybridized carbons (Fsp3) is 0.0714. The van der Waals surface area contributed by atoms with E-state index in [0.29, 0.717) is 22.3 Å². The number of para-hydroxylation sites is 2. The first-order chi connectivity index (χ1) is 29.7. The van der Waals surface area contributed by atoms with Crippen molar-refractivity contribution < 1.29 is 26.3 Å². The lowest BCUT2D eigenvalue weighted by molar-refractivity contribution is 0.666. The average Bonchev–Trinajstić information content (AvgIpc) is 3.92. The highest BCUT2D eigenvalue weighted by Gasteiger charge is 2.38. The summed E-state index contributed by atoms with van der Waals surface area (Å²) in [4.78, 5) is 14.4. The highest BCUT2D eigenvalue weighted by atomic mass is 16.3. The summed E-state index contributed by atoms with van der Waals surface area (Å²) in [6.45, 7) is -7.34. The zero-order valence-electron chi connectivity index (χ0n) is 40.1. The Morgan fingerprint density at radius 2 is 1.40 bits per heavy atom. The molecule has 0 N–H and O–H groups in total. The standard InChI is InChI=1S/C42H28N4O/c1-42(2)32-17-9-6-14-27(32)30-22-23-34-37(38(30)42)31-16-7-10-18-33(31)46(34)41-44-39(25-12-4-3-5-13-25)43-40(45-41)26-20-21-29-28-15-8-11-19-35(28)47-36(29)24-26/h3-24H,1-2H3/i1D3,2D3,6D,7D,9D,10D,14D,16D,17D,18D,22D,23D. The van der Waals surface area contributed by atoms with Crippen LogP contribution < -0.4 is 0 Å². The molecule has 0 bridgehead atoms. The minimum absolute atomic E-state index is 0.0335. The molecule has 0 fully saturated rings. The quantitative estimate of drug-likeness (QED) is 0.197. The molecule has 0 radical (unpaired) electrons. The zero-order valence-corrected chi connectivity index (χ0v) is 24.1. The Balaban J connectivity index is 1.43. The molecule has 3 aromatic heterocycles. The van der Waals surface area contributed by atoms with Gasteiger partial charge in [-0.05, 0) is 52.5 Å². The summed E-state index contributed by atoms with van der Waals surface area (Å²) < 4.78 is 152. The Labute approximate surface area is 293 Å².